The summed E-state index contributed by atoms with van der Waals surface area (Å²) in [6.45, 7) is 6.18. The number of carboxylic acids is 1. The maximum absolute atomic E-state index is 10.9. The average Bonchev–Trinajstić information content (AvgIpc) is 2.60. The van der Waals surface area contributed by atoms with Gasteiger partial charge in [0.2, 0.25) is 0 Å². The number of hydrogen-bond donors (Lipinski definition) is 1. The Morgan fingerprint density at radius 2 is 2.04 bits per heavy atom. The molecule has 3 rings (SSSR count). The normalized spacial score (nSPS) is 25.7. The monoisotopic (exact) mass is 350 g/mol. The molecule has 26 heavy (non-hydrogen) atoms. The van der Waals surface area contributed by atoms with Crippen molar-refractivity contribution in [3.8, 4) is 0 Å². The largest absolute Gasteiger partial charge is 0.481 e. The number of benzene rings is 1. The zero-order chi connectivity index (χ0) is 18.7. The highest BCUT2D eigenvalue weighted by Gasteiger charge is 2.37. The lowest BCUT2D eigenvalue weighted by Gasteiger charge is -2.35. The van der Waals surface area contributed by atoms with Crippen molar-refractivity contribution in [1.29, 1.82) is 0 Å². The molecule has 136 valence electrons. The SMILES string of the molecule is CC1=CC2N=C(CCC(C)CC(=O)O)C(c3ccccc3)=NC2(C)C=C1. The van der Waals surface area contributed by atoms with E-state index in [9.17, 15) is 4.79 Å². The third kappa shape index (κ3) is 4.01. The standard InChI is InChI=1S/C22H26N2O2/c1-15(14-20(25)26)9-10-18-21(17-7-5-4-6-8-17)24-22(3)12-11-16(2)13-19(22)23-18/h4-8,11-13,15,19H,9-10,14H2,1-3H3,(H,25,26). The molecule has 1 heterocycles. The van der Waals surface area contributed by atoms with Crippen molar-refractivity contribution in [2.45, 2.75) is 51.6 Å². The lowest BCUT2D eigenvalue weighted by molar-refractivity contribution is -0.138. The van der Waals surface area contributed by atoms with E-state index in [1.54, 1.807) is 0 Å². The van der Waals surface area contributed by atoms with Gasteiger partial charge in [-0.05, 0) is 32.6 Å². The quantitative estimate of drug-likeness (QED) is 0.823. The molecule has 4 nitrogen and oxygen atoms in total. The van der Waals surface area contributed by atoms with Gasteiger partial charge in [0.15, 0.2) is 0 Å². The second-order valence-corrected chi connectivity index (χ2v) is 7.56. The van der Waals surface area contributed by atoms with E-state index in [1.165, 1.54) is 5.57 Å². The van der Waals surface area contributed by atoms with E-state index in [-0.39, 0.29) is 23.9 Å². The van der Waals surface area contributed by atoms with E-state index in [4.69, 9.17) is 15.1 Å². The molecule has 0 spiro atoms. The van der Waals surface area contributed by atoms with Crippen LogP contribution >= 0.6 is 0 Å². The molecule has 3 unspecified atom stereocenters. The van der Waals surface area contributed by atoms with Gasteiger partial charge in [0.05, 0.1) is 17.5 Å². The molecule has 0 aromatic heterocycles. The second kappa shape index (κ2) is 7.40. The van der Waals surface area contributed by atoms with Gasteiger partial charge >= 0.3 is 5.97 Å². The van der Waals surface area contributed by atoms with Crippen molar-refractivity contribution >= 4 is 17.4 Å². The van der Waals surface area contributed by atoms with Crippen LogP contribution in [0.15, 0.2) is 64.1 Å². The van der Waals surface area contributed by atoms with Crippen LogP contribution < -0.4 is 0 Å². The maximum Gasteiger partial charge on any atom is 0.303 e. The van der Waals surface area contributed by atoms with Crippen LogP contribution in [0.4, 0.5) is 0 Å². The first-order chi connectivity index (χ1) is 12.4. The van der Waals surface area contributed by atoms with Gasteiger partial charge in [-0.2, -0.15) is 0 Å². The Hall–Kier alpha value is -2.49. The molecule has 4 heteroatoms. The number of rotatable bonds is 6. The van der Waals surface area contributed by atoms with Crippen molar-refractivity contribution in [1.82, 2.24) is 0 Å². The first-order valence-corrected chi connectivity index (χ1v) is 9.19. The Morgan fingerprint density at radius 1 is 1.31 bits per heavy atom. The van der Waals surface area contributed by atoms with Gasteiger partial charge in [0.1, 0.15) is 5.54 Å². The Labute approximate surface area is 155 Å². The van der Waals surface area contributed by atoms with Gasteiger partial charge < -0.3 is 5.11 Å². The molecule has 1 aromatic rings. The summed E-state index contributed by atoms with van der Waals surface area (Å²) < 4.78 is 0. The molecule has 0 bridgehead atoms. The molecule has 0 saturated heterocycles. The number of aliphatic carboxylic acids is 1. The zero-order valence-corrected chi connectivity index (χ0v) is 15.6. The molecule has 2 aliphatic rings. The van der Waals surface area contributed by atoms with Crippen molar-refractivity contribution in [3.63, 3.8) is 0 Å². The first kappa shape index (κ1) is 18.3. The van der Waals surface area contributed by atoms with Gasteiger partial charge in [0.25, 0.3) is 0 Å². The Balaban J connectivity index is 1.91. The molecule has 1 aliphatic carbocycles. The Morgan fingerprint density at radius 3 is 2.73 bits per heavy atom. The van der Waals surface area contributed by atoms with E-state index in [2.05, 4.69) is 44.2 Å². The van der Waals surface area contributed by atoms with Crippen LogP contribution in [-0.4, -0.2) is 34.1 Å². The number of hydrogen-bond acceptors (Lipinski definition) is 3. The van der Waals surface area contributed by atoms with Crippen LogP contribution in [0, 0.1) is 5.92 Å². The molecule has 0 amide bonds. The maximum atomic E-state index is 10.9. The summed E-state index contributed by atoms with van der Waals surface area (Å²) in [5.41, 5.74) is 3.82. The smallest absolute Gasteiger partial charge is 0.303 e. The zero-order valence-electron chi connectivity index (χ0n) is 15.6. The first-order valence-electron chi connectivity index (χ1n) is 9.19. The van der Waals surface area contributed by atoms with Gasteiger partial charge in [-0.3, -0.25) is 14.8 Å². The third-order valence-electron chi connectivity index (χ3n) is 5.07. The molecule has 1 aliphatic heterocycles. The molecule has 1 aromatic carbocycles. The summed E-state index contributed by atoms with van der Waals surface area (Å²) in [5, 5.41) is 9.00. The van der Waals surface area contributed by atoms with Crippen molar-refractivity contribution in [3.05, 3.63) is 59.7 Å². The van der Waals surface area contributed by atoms with Crippen LogP contribution in [0.3, 0.4) is 0 Å². The topological polar surface area (TPSA) is 62.0 Å². The minimum Gasteiger partial charge on any atom is -0.481 e. The highest BCUT2D eigenvalue weighted by atomic mass is 16.4. The Kier molecular flexibility index (Phi) is 5.21. The fourth-order valence-corrected chi connectivity index (χ4v) is 3.47. The van der Waals surface area contributed by atoms with Crippen molar-refractivity contribution in [2.75, 3.05) is 0 Å². The number of carboxylic acid groups (broad SMARTS) is 1. The molecule has 0 radical (unpaired) electrons. The molecular weight excluding hydrogens is 324 g/mol. The molecular formula is C22H26N2O2. The minimum absolute atomic E-state index is 0.00439. The lowest BCUT2D eigenvalue weighted by Crippen LogP contribution is -2.42. The summed E-state index contributed by atoms with van der Waals surface area (Å²) in [5.74, 6) is -0.632. The van der Waals surface area contributed by atoms with Gasteiger partial charge in [-0.15, -0.1) is 0 Å². The summed E-state index contributed by atoms with van der Waals surface area (Å²) in [4.78, 5) is 21.1. The molecule has 3 atom stereocenters. The number of fused-ring (bicyclic) bond motifs is 1. The van der Waals surface area contributed by atoms with Crippen LogP contribution in [0.5, 0.6) is 0 Å². The molecule has 0 fully saturated rings. The highest BCUT2D eigenvalue weighted by molar-refractivity contribution is 6.48. The van der Waals surface area contributed by atoms with Crippen molar-refractivity contribution < 1.29 is 9.90 Å². The number of carbonyl (C=O) groups is 1. The van der Waals surface area contributed by atoms with Gasteiger partial charge in [-0.1, -0.05) is 61.1 Å². The summed E-state index contributed by atoms with van der Waals surface area (Å²) in [6.07, 6.45) is 8.14. The van der Waals surface area contributed by atoms with Gasteiger partial charge in [0, 0.05) is 12.0 Å². The molecule has 0 saturated carbocycles. The predicted molar refractivity (Wildman–Crippen MR) is 106 cm³/mol. The van der Waals surface area contributed by atoms with Crippen molar-refractivity contribution in [2.24, 2.45) is 15.9 Å². The van der Waals surface area contributed by atoms with E-state index >= 15 is 0 Å². The van der Waals surface area contributed by atoms with E-state index < -0.39 is 5.97 Å². The number of allylic oxidation sites excluding steroid dienone is 2. The number of nitrogens with zero attached hydrogens (tertiary/aromatic N) is 2. The average molecular weight is 350 g/mol. The fraction of sp³-hybridized carbons (Fsp3) is 0.409. The summed E-state index contributed by atoms with van der Waals surface area (Å²) >= 11 is 0. The third-order valence-corrected chi connectivity index (χ3v) is 5.07. The van der Waals surface area contributed by atoms with Crippen LogP contribution in [0.2, 0.25) is 0 Å². The van der Waals surface area contributed by atoms with E-state index in [0.717, 1.165) is 29.8 Å². The predicted octanol–water partition coefficient (Wildman–Crippen LogP) is 4.46. The van der Waals surface area contributed by atoms with Crippen LogP contribution in [0.25, 0.3) is 0 Å². The highest BCUT2D eigenvalue weighted by Crippen LogP contribution is 2.32. The summed E-state index contributed by atoms with van der Waals surface area (Å²) in [7, 11) is 0. The summed E-state index contributed by atoms with van der Waals surface area (Å²) in [6, 6.07) is 10.1. The fourth-order valence-electron chi connectivity index (χ4n) is 3.47. The lowest BCUT2D eigenvalue weighted by atomic mass is 9.83. The van der Waals surface area contributed by atoms with E-state index in [0.29, 0.717) is 0 Å². The number of aliphatic imine (C=N–C) groups is 2. The second-order valence-electron chi connectivity index (χ2n) is 7.56. The Bertz CT molecular complexity index is 805. The van der Waals surface area contributed by atoms with E-state index in [1.807, 2.05) is 25.1 Å². The van der Waals surface area contributed by atoms with Crippen LogP contribution in [-0.2, 0) is 4.79 Å². The minimum atomic E-state index is -0.747. The van der Waals surface area contributed by atoms with Crippen LogP contribution in [0.1, 0.15) is 45.6 Å². The van der Waals surface area contributed by atoms with Gasteiger partial charge in [-0.25, -0.2) is 0 Å². The molecule has 1 N–H and O–H groups in total.